The van der Waals surface area contributed by atoms with Gasteiger partial charge in [0.25, 0.3) is 5.56 Å². The highest BCUT2D eigenvalue weighted by Crippen LogP contribution is 2.19. The summed E-state index contributed by atoms with van der Waals surface area (Å²) in [6, 6.07) is 4.05. The fourth-order valence-electron chi connectivity index (χ4n) is 3.01. The topological polar surface area (TPSA) is 103 Å². The van der Waals surface area contributed by atoms with E-state index in [0.717, 1.165) is 23.5 Å². The number of aromatic nitrogens is 3. The van der Waals surface area contributed by atoms with Crippen molar-refractivity contribution in [2.75, 3.05) is 25.0 Å². The molecule has 0 atom stereocenters. The minimum absolute atomic E-state index is 0.00986. The summed E-state index contributed by atoms with van der Waals surface area (Å²) in [4.78, 5) is 37.5. The molecule has 0 radical (unpaired) electrons. The van der Waals surface area contributed by atoms with E-state index in [0.29, 0.717) is 31.4 Å². The Kier molecular flexibility index (Phi) is 6.77. The zero-order valence-corrected chi connectivity index (χ0v) is 17.1. The highest BCUT2D eigenvalue weighted by atomic mass is 16.2. The quantitative estimate of drug-likeness (QED) is 0.586. The molecule has 29 heavy (non-hydrogen) atoms. The first-order valence-electron chi connectivity index (χ1n) is 9.96. The SMILES string of the molecule is CCc1nccc(-c2c[nH]c(=O)c(NC3CN(C(=O)/C=C/CNC(C)C)C3)c2)n1. The first-order valence-corrected chi connectivity index (χ1v) is 9.96. The van der Waals surface area contributed by atoms with Crippen molar-refractivity contribution in [2.45, 2.75) is 39.3 Å². The smallest absolute Gasteiger partial charge is 0.271 e. The number of pyridine rings is 1. The monoisotopic (exact) mass is 396 g/mol. The third kappa shape index (κ3) is 5.51. The van der Waals surface area contributed by atoms with Crippen LogP contribution in [0.15, 0.2) is 41.5 Å². The second-order valence-corrected chi connectivity index (χ2v) is 7.39. The lowest BCUT2D eigenvalue weighted by Gasteiger charge is -2.39. The zero-order valence-electron chi connectivity index (χ0n) is 17.1. The maximum Gasteiger partial charge on any atom is 0.271 e. The molecular weight excluding hydrogens is 368 g/mol. The van der Waals surface area contributed by atoms with Crippen molar-refractivity contribution in [1.29, 1.82) is 0 Å². The molecule has 2 aromatic heterocycles. The summed E-state index contributed by atoms with van der Waals surface area (Å²) in [5, 5.41) is 6.47. The molecule has 1 aliphatic rings. The summed E-state index contributed by atoms with van der Waals surface area (Å²) >= 11 is 0. The third-order valence-electron chi connectivity index (χ3n) is 4.68. The highest BCUT2D eigenvalue weighted by Gasteiger charge is 2.29. The number of nitrogens with one attached hydrogen (secondary N) is 3. The Morgan fingerprint density at radius 1 is 1.41 bits per heavy atom. The number of H-pyrrole nitrogens is 1. The Hall–Kier alpha value is -3.00. The van der Waals surface area contributed by atoms with Crippen molar-refractivity contribution < 1.29 is 4.79 Å². The molecular formula is C21H28N6O2. The summed E-state index contributed by atoms with van der Waals surface area (Å²) in [6.07, 6.45) is 7.56. The van der Waals surface area contributed by atoms with Gasteiger partial charge in [0.2, 0.25) is 5.91 Å². The summed E-state index contributed by atoms with van der Waals surface area (Å²) in [5.74, 6) is 0.748. The molecule has 0 unspecified atom stereocenters. The van der Waals surface area contributed by atoms with Crippen LogP contribution in [0.25, 0.3) is 11.3 Å². The Labute approximate surface area is 170 Å². The number of likely N-dealkylation sites (tertiary alicyclic amines) is 1. The molecule has 8 heteroatoms. The van der Waals surface area contributed by atoms with E-state index in [9.17, 15) is 9.59 Å². The van der Waals surface area contributed by atoms with Gasteiger partial charge in [-0.15, -0.1) is 0 Å². The molecule has 0 spiro atoms. The number of hydrogen-bond acceptors (Lipinski definition) is 6. The third-order valence-corrected chi connectivity index (χ3v) is 4.68. The number of rotatable bonds is 8. The van der Waals surface area contributed by atoms with Gasteiger partial charge in [-0.3, -0.25) is 9.59 Å². The second kappa shape index (κ2) is 9.47. The molecule has 1 fully saturated rings. The van der Waals surface area contributed by atoms with Crippen LogP contribution < -0.4 is 16.2 Å². The van der Waals surface area contributed by atoms with E-state index in [1.165, 1.54) is 0 Å². The van der Waals surface area contributed by atoms with Crippen LogP contribution in [-0.2, 0) is 11.2 Å². The van der Waals surface area contributed by atoms with E-state index in [1.807, 2.05) is 19.1 Å². The number of carbonyl (C=O) groups is 1. The molecule has 154 valence electrons. The first kappa shape index (κ1) is 20.7. The maximum atomic E-state index is 12.2. The van der Waals surface area contributed by atoms with E-state index in [1.54, 1.807) is 29.4 Å². The zero-order chi connectivity index (χ0) is 20.8. The van der Waals surface area contributed by atoms with Crippen LogP contribution in [0.2, 0.25) is 0 Å². The van der Waals surface area contributed by atoms with Crippen LogP contribution in [0.4, 0.5) is 5.69 Å². The van der Waals surface area contributed by atoms with Crippen LogP contribution in [0, 0.1) is 0 Å². The van der Waals surface area contributed by atoms with Gasteiger partial charge in [0, 0.05) is 56.1 Å². The van der Waals surface area contributed by atoms with Crippen molar-refractivity contribution in [1.82, 2.24) is 25.2 Å². The number of hydrogen-bond donors (Lipinski definition) is 3. The van der Waals surface area contributed by atoms with Gasteiger partial charge >= 0.3 is 0 Å². The van der Waals surface area contributed by atoms with E-state index < -0.39 is 0 Å². The molecule has 8 nitrogen and oxygen atoms in total. The van der Waals surface area contributed by atoms with Gasteiger partial charge in [-0.25, -0.2) is 9.97 Å². The van der Waals surface area contributed by atoms with Gasteiger partial charge in [-0.1, -0.05) is 26.8 Å². The number of nitrogens with zero attached hydrogens (tertiary/aromatic N) is 3. The van der Waals surface area contributed by atoms with Gasteiger partial charge in [-0.05, 0) is 12.1 Å². The standard InChI is InChI=1S/C21H28N6O2/c1-4-19-23-9-7-17(26-19)15-10-18(21(29)24-11-15)25-16-12-27(13-16)20(28)6-5-8-22-14(2)3/h5-7,9-11,14,16,22,25H,4,8,12-13H2,1-3H3,(H,24,29)/b6-5+. The summed E-state index contributed by atoms with van der Waals surface area (Å²) in [6.45, 7) is 7.93. The number of amides is 1. The molecule has 1 saturated heterocycles. The predicted molar refractivity (Wildman–Crippen MR) is 114 cm³/mol. The lowest BCUT2D eigenvalue weighted by atomic mass is 10.1. The average Bonchev–Trinajstić information content (AvgIpc) is 2.68. The highest BCUT2D eigenvalue weighted by molar-refractivity contribution is 5.88. The Morgan fingerprint density at radius 3 is 2.93 bits per heavy atom. The maximum absolute atomic E-state index is 12.2. The first-order chi connectivity index (χ1) is 14.0. The van der Waals surface area contributed by atoms with Crippen molar-refractivity contribution in [2.24, 2.45) is 0 Å². The van der Waals surface area contributed by atoms with Crippen LogP contribution in [0.5, 0.6) is 0 Å². The molecule has 2 aromatic rings. The number of aryl methyl sites for hydroxylation is 1. The van der Waals surface area contributed by atoms with Gasteiger partial charge in [0.15, 0.2) is 0 Å². The Morgan fingerprint density at radius 2 is 2.21 bits per heavy atom. The van der Waals surface area contributed by atoms with Crippen molar-refractivity contribution in [3.05, 3.63) is 52.9 Å². The van der Waals surface area contributed by atoms with Crippen LogP contribution in [0.1, 0.15) is 26.6 Å². The molecule has 1 aliphatic heterocycles. The normalized spacial score (nSPS) is 14.4. The van der Waals surface area contributed by atoms with Gasteiger partial charge in [0.05, 0.1) is 11.7 Å². The largest absolute Gasteiger partial charge is 0.374 e. The Bertz CT molecular complexity index is 931. The summed E-state index contributed by atoms with van der Waals surface area (Å²) in [7, 11) is 0. The van der Waals surface area contributed by atoms with Crippen molar-refractivity contribution in [3.63, 3.8) is 0 Å². The predicted octanol–water partition coefficient (Wildman–Crippen LogP) is 1.57. The summed E-state index contributed by atoms with van der Waals surface area (Å²) < 4.78 is 0. The van der Waals surface area contributed by atoms with Crippen LogP contribution >= 0.6 is 0 Å². The average molecular weight is 396 g/mol. The second-order valence-electron chi connectivity index (χ2n) is 7.39. The fourth-order valence-corrected chi connectivity index (χ4v) is 3.01. The van der Waals surface area contributed by atoms with E-state index in [4.69, 9.17) is 0 Å². The van der Waals surface area contributed by atoms with Gasteiger partial charge < -0.3 is 20.5 Å². The number of anilines is 1. The van der Waals surface area contributed by atoms with Crippen molar-refractivity contribution in [3.8, 4) is 11.3 Å². The minimum Gasteiger partial charge on any atom is -0.374 e. The van der Waals surface area contributed by atoms with E-state index in [2.05, 4.69) is 39.4 Å². The molecule has 3 rings (SSSR count). The van der Waals surface area contributed by atoms with Crippen LogP contribution in [0.3, 0.4) is 0 Å². The van der Waals surface area contributed by atoms with E-state index in [-0.39, 0.29) is 17.5 Å². The minimum atomic E-state index is -0.192. The Balaban J connectivity index is 1.58. The molecule has 3 N–H and O–H groups in total. The molecule has 0 aliphatic carbocycles. The molecule has 0 bridgehead atoms. The molecule has 1 amide bonds. The van der Waals surface area contributed by atoms with Gasteiger partial charge in [-0.2, -0.15) is 0 Å². The molecule has 3 heterocycles. The fraction of sp³-hybridized carbons (Fsp3) is 0.429. The molecule has 0 saturated carbocycles. The molecule has 0 aromatic carbocycles. The van der Waals surface area contributed by atoms with Crippen LogP contribution in [-0.4, -0.2) is 57.5 Å². The number of carbonyl (C=O) groups excluding carboxylic acids is 1. The van der Waals surface area contributed by atoms with Gasteiger partial charge in [0.1, 0.15) is 11.5 Å². The number of aromatic amines is 1. The van der Waals surface area contributed by atoms with Crippen molar-refractivity contribution >= 4 is 11.6 Å². The summed E-state index contributed by atoms with van der Waals surface area (Å²) in [5.41, 5.74) is 1.87. The van der Waals surface area contributed by atoms with E-state index >= 15 is 0 Å². The lowest BCUT2D eigenvalue weighted by molar-refractivity contribution is -0.129. The lowest BCUT2D eigenvalue weighted by Crippen LogP contribution is -2.57.